The van der Waals surface area contributed by atoms with Crippen LogP contribution in [0.4, 0.5) is 0 Å². The van der Waals surface area contributed by atoms with Crippen molar-refractivity contribution in [3.05, 3.63) is 29.9 Å². The van der Waals surface area contributed by atoms with E-state index in [9.17, 15) is 13.2 Å². The highest BCUT2D eigenvalue weighted by Gasteiger charge is 2.22. The zero-order valence-electron chi connectivity index (χ0n) is 13.6. The predicted molar refractivity (Wildman–Crippen MR) is 84.6 cm³/mol. The largest absolute Gasteiger partial charge is 0.459 e. The molecule has 2 aromatic heterocycles. The van der Waals surface area contributed by atoms with E-state index in [1.165, 1.54) is 11.2 Å². The van der Waals surface area contributed by atoms with E-state index in [1.54, 1.807) is 33.0 Å². The molecule has 0 aromatic carbocycles. The monoisotopic (exact) mass is 340 g/mol. The van der Waals surface area contributed by atoms with Gasteiger partial charge in [0.25, 0.3) is 5.89 Å². The van der Waals surface area contributed by atoms with Gasteiger partial charge >= 0.3 is 0 Å². The van der Waals surface area contributed by atoms with Crippen LogP contribution in [0.3, 0.4) is 0 Å². The number of hydrogen-bond donors (Lipinski definition) is 0. The number of likely N-dealkylation sites (N-methyl/N-ethyl adjacent to an activating group) is 1. The first kappa shape index (κ1) is 17.3. The fourth-order valence-electron chi connectivity index (χ4n) is 2.16. The Morgan fingerprint density at radius 1 is 1.43 bits per heavy atom. The van der Waals surface area contributed by atoms with Crippen LogP contribution in [0.1, 0.15) is 18.4 Å². The topological polar surface area (TPSA) is 93.6 Å². The molecular formula is C15H20N2O5S. The lowest BCUT2D eigenvalue weighted by Gasteiger charge is -2.24. The highest BCUT2D eigenvalue weighted by molar-refractivity contribution is 7.90. The highest BCUT2D eigenvalue weighted by atomic mass is 32.2. The average Bonchev–Trinajstić information content (AvgIpc) is 3.06. The van der Waals surface area contributed by atoms with Gasteiger partial charge in [-0.1, -0.05) is 0 Å². The zero-order chi connectivity index (χ0) is 17.2. The molecule has 0 radical (unpaired) electrons. The summed E-state index contributed by atoms with van der Waals surface area (Å²) >= 11 is 0. The van der Waals surface area contributed by atoms with Crippen LogP contribution in [0, 0.1) is 6.92 Å². The van der Waals surface area contributed by atoms with E-state index in [1.807, 2.05) is 0 Å². The number of aromatic nitrogens is 1. The molecule has 0 spiro atoms. The molecule has 23 heavy (non-hydrogen) atoms. The van der Waals surface area contributed by atoms with Gasteiger partial charge in [0.2, 0.25) is 5.91 Å². The molecule has 1 amide bonds. The molecule has 0 aliphatic carbocycles. The molecule has 0 N–H and O–H groups in total. The Kier molecular flexibility index (Phi) is 4.93. The summed E-state index contributed by atoms with van der Waals surface area (Å²) in [6.45, 7) is 3.42. The highest BCUT2D eigenvalue weighted by Crippen LogP contribution is 2.22. The summed E-state index contributed by atoms with van der Waals surface area (Å²) in [5.74, 6) is 1.05. The molecule has 0 saturated carbocycles. The van der Waals surface area contributed by atoms with Gasteiger partial charge in [0.05, 0.1) is 24.1 Å². The van der Waals surface area contributed by atoms with Gasteiger partial charge in [0.15, 0.2) is 5.76 Å². The first-order valence-corrected chi connectivity index (χ1v) is 9.17. The molecule has 1 atom stereocenters. The fourth-order valence-corrected chi connectivity index (χ4v) is 3.26. The maximum absolute atomic E-state index is 12.3. The van der Waals surface area contributed by atoms with Crippen LogP contribution in [0.25, 0.3) is 11.7 Å². The van der Waals surface area contributed by atoms with Crippen molar-refractivity contribution in [2.45, 2.75) is 26.3 Å². The molecule has 8 heteroatoms. The van der Waals surface area contributed by atoms with Gasteiger partial charge in [0, 0.05) is 19.3 Å². The van der Waals surface area contributed by atoms with Gasteiger partial charge in [-0.3, -0.25) is 4.79 Å². The summed E-state index contributed by atoms with van der Waals surface area (Å²) in [5, 5.41) is 0. The lowest BCUT2D eigenvalue weighted by Crippen LogP contribution is -2.40. The normalized spacial score (nSPS) is 13.0. The van der Waals surface area contributed by atoms with E-state index < -0.39 is 15.9 Å². The van der Waals surface area contributed by atoms with Crippen molar-refractivity contribution in [1.82, 2.24) is 9.88 Å². The third kappa shape index (κ3) is 4.44. The van der Waals surface area contributed by atoms with Crippen molar-refractivity contribution in [1.29, 1.82) is 0 Å². The number of furan rings is 1. The molecule has 126 valence electrons. The van der Waals surface area contributed by atoms with Crippen LogP contribution in [-0.4, -0.2) is 49.3 Å². The van der Waals surface area contributed by atoms with E-state index in [2.05, 4.69) is 4.98 Å². The number of nitrogens with zero attached hydrogens (tertiary/aromatic N) is 2. The lowest BCUT2D eigenvalue weighted by molar-refractivity contribution is -0.130. The van der Waals surface area contributed by atoms with E-state index >= 15 is 0 Å². The maximum atomic E-state index is 12.3. The summed E-state index contributed by atoms with van der Waals surface area (Å²) < 4.78 is 33.4. The predicted octanol–water partition coefficient (Wildman–Crippen LogP) is 1.68. The Hall–Kier alpha value is -2.09. The van der Waals surface area contributed by atoms with Crippen molar-refractivity contribution >= 4 is 15.7 Å². The molecule has 2 aromatic rings. The summed E-state index contributed by atoms with van der Waals surface area (Å²) in [5.41, 5.74) is 0.514. The van der Waals surface area contributed by atoms with Gasteiger partial charge in [-0.15, -0.1) is 0 Å². The number of carbonyl (C=O) groups excluding carboxylic acids is 1. The molecule has 2 heterocycles. The van der Waals surface area contributed by atoms with Crippen LogP contribution < -0.4 is 0 Å². The minimum atomic E-state index is -3.15. The minimum Gasteiger partial charge on any atom is -0.459 e. The number of carbonyl (C=O) groups is 1. The van der Waals surface area contributed by atoms with E-state index in [-0.39, 0.29) is 18.1 Å². The lowest BCUT2D eigenvalue weighted by atomic mass is 10.2. The summed E-state index contributed by atoms with van der Waals surface area (Å²) in [4.78, 5) is 18.0. The first-order chi connectivity index (χ1) is 10.7. The number of sulfone groups is 1. The van der Waals surface area contributed by atoms with E-state index in [0.29, 0.717) is 23.1 Å². The van der Waals surface area contributed by atoms with Gasteiger partial charge in [0.1, 0.15) is 15.6 Å². The summed E-state index contributed by atoms with van der Waals surface area (Å²) in [6, 6.07) is 3.03. The fraction of sp³-hybridized carbons (Fsp3) is 0.467. The maximum Gasteiger partial charge on any atom is 0.263 e. The summed E-state index contributed by atoms with van der Waals surface area (Å²) in [7, 11) is -1.56. The molecule has 0 bridgehead atoms. The molecule has 0 saturated heterocycles. The van der Waals surface area contributed by atoms with Gasteiger partial charge in [-0.2, -0.15) is 0 Å². The number of oxazole rings is 1. The Bertz CT molecular complexity index is 777. The summed E-state index contributed by atoms with van der Waals surface area (Å²) in [6.07, 6.45) is 2.71. The number of aryl methyl sites for hydroxylation is 1. The smallest absolute Gasteiger partial charge is 0.263 e. The SMILES string of the molecule is Cc1oc(-c2ccco2)nc1CC(=O)N(C)C(C)CS(C)(=O)=O. The van der Waals surface area contributed by atoms with Crippen LogP contribution in [-0.2, 0) is 21.1 Å². The van der Waals surface area contributed by atoms with Crippen molar-refractivity contribution in [2.24, 2.45) is 0 Å². The second-order valence-electron chi connectivity index (χ2n) is 5.62. The standard InChI is InChI=1S/C15H20N2O5S/c1-10(9-23(4,19)20)17(3)14(18)8-12-11(2)22-15(16-12)13-6-5-7-21-13/h5-7,10H,8-9H2,1-4H3. The third-order valence-electron chi connectivity index (χ3n) is 3.54. The van der Waals surface area contributed by atoms with Crippen LogP contribution in [0.2, 0.25) is 0 Å². The van der Waals surface area contributed by atoms with Gasteiger partial charge in [-0.25, -0.2) is 13.4 Å². The van der Waals surface area contributed by atoms with E-state index in [0.717, 1.165) is 6.26 Å². The Morgan fingerprint density at radius 3 is 2.70 bits per heavy atom. The second kappa shape index (κ2) is 6.57. The molecule has 0 fully saturated rings. The van der Waals surface area contributed by atoms with Crippen LogP contribution >= 0.6 is 0 Å². The van der Waals surface area contributed by atoms with Crippen molar-refractivity contribution in [2.75, 3.05) is 19.1 Å². The van der Waals surface area contributed by atoms with Crippen LogP contribution in [0.5, 0.6) is 0 Å². The molecule has 0 aliphatic heterocycles. The van der Waals surface area contributed by atoms with Crippen LogP contribution in [0.15, 0.2) is 27.2 Å². The van der Waals surface area contributed by atoms with E-state index in [4.69, 9.17) is 8.83 Å². The molecule has 7 nitrogen and oxygen atoms in total. The zero-order valence-corrected chi connectivity index (χ0v) is 14.4. The molecule has 2 rings (SSSR count). The molecular weight excluding hydrogens is 320 g/mol. The molecule has 1 unspecified atom stereocenters. The quantitative estimate of drug-likeness (QED) is 0.794. The molecule has 0 aliphatic rings. The van der Waals surface area contributed by atoms with Gasteiger partial charge < -0.3 is 13.7 Å². The Balaban J connectivity index is 2.08. The Labute approximate surface area is 135 Å². The second-order valence-corrected chi connectivity index (χ2v) is 7.81. The van der Waals surface area contributed by atoms with Crippen molar-refractivity contribution < 1.29 is 22.0 Å². The number of hydrogen-bond acceptors (Lipinski definition) is 6. The first-order valence-electron chi connectivity index (χ1n) is 7.11. The number of amides is 1. The average molecular weight is 340 g/mol. The third-order valence-corrected chi connectivity index (χ3v) is 4.63. The number of rotatable bonds is 6. The minimum absolute atomic E-state index is 0.0423. The van der Waals surface area contributed by atoms with Gasteiger partial charge in [-0.05, 0) is 26.0 Å². The van der Waals surface area contributed by atoms with Crippen molar-refractivity contribution in [3.63, 3.8) is 0 Å². The Morgan fingerprint density at radius 2 is 2.13 bits per heavy atom. The van der Waals surface area contributed by atoms with Crippen molar-refractivity contribution in [3.8, 4) is 11.7 Å².